The third-order valence-corrected chi connectivity index (χ3v) is 4.49. The molecule has 0 aromatic carbocycles. The van der Waals surface area contributed by atoms with Crippen molar-refractivity contribution in [2.45, 2.75) is 76.7 Å². The molecule has 5 unspecified atom stereocenters. The van der Waals surface area contributed by atoms with E-state index in [0.717, 1.165) is 0 Å². The lowest BCUT2D eigenvalue weighted by Gasteiger charge is -2.26. The molecule has 0 rings (SSSR count). The first-order chi connectivity index (χ1) is 15.1. The molecular formula is C19H34N6O8. The third kappa shape index (κ3) is 11.8. The quantitative estimate of drug-likeness (QED) is 0.116. The van der Waals surface area contributed by atoms with Gasteiger partial charge in [0.1, 0.15) is 24.2 Å². The van der Waals surface area contributed by atoms with Gasteiger partial charge in [0, 0.05) is 6.42 Å². The zero-order valence-electron chi connectivity index (χ0n) is 18.9. The Hall–Kier alpha value is -3.26. The average Bonchev–Trinajstić information content (AvgIpc) is 2.67. The molecular weight excluding hydrogens is 440 g/mol. The topological polar surface area (TPSA) is 257 Å². The Kier molecular flexibility index (Phi) is 12.6. The first kappa shape index (κ1) is 29.7. The Morgan fingerprint density at radius 1 is 0.788 bits per heavy atom. The Bertz CT molecular complexity index is 742. The van der Waals surface area contributed by atoms with Gasteiger partial charge in [-0.3, -0.25) is 24.0 Å². The highest BCUT2D eigenvalue weighted by Gasteiger charge is 2.31. The number of hydrogen-bond donors (Lipinski definition) is 8. The maximum Gasteiger partial charge on any atom is 0.326 e. The van der Waals surface area contributed by atoms with Gasteiger partial charge in [0.25, 0.3) is 0 Å². The maximum absolute atomic E-state index is 12.8. The Balaban J connectivity index is 5.61. The number of rotatable bonds is 15. The van der Waals surface area contributed by atoms with Crippen LogP contribution in [0.15, 0.2) is 0 Å². The van der Waals surface area contributed by atoms with E-state index in [9.17, 15) is 39.0 Å². The zero-order chi connectivity index (χ0) is 25.9. The fourth-order valence-electron chi connectivity index (χ4n) is 2.69. The van der Waals surface area contributed by atoms with E-state index in [-0.39, 0.29) is 25.2 Å². The van der Waals surface area contributed by atoms with Crippen molar-refractivity contribution in [2.75, 3.05) is 0 Å². The van der Waals surface area contributed by atoms with Crippen LogP contribution in [0, 0.1) is 5.92 Å². The Morgan fingerprint density at radius 2 is 1.27 bits per heavy atom. The average molecular weight is 475 g/mol. The second kappa shape index (κ2) is 14.0. The lowest BCUT2D eigenvalue weighted by atomic mass is 10.0. The molecule has 0 aromatic heterocycles. The van der Waals surface area contributed by atoms with Crippen LogP contribution in [0.3, 0.4) is 0 Å². The van der Waals surface area contributed by atoms with Crippen molar-refractivity contribution in [3.05, 3.63) is 0 Å². The zero-order valence-corrected chi connectivity index (χ0v) is 18.9. The maximum atomic E-state index is 12.8. The summed E-state index contributed by atoms with van der Waals surface area (Å²) in [5.74, 6) is -5.95. The molecule has 0 heterocycles. The molecule has 0 aromatic rings. The first-order valence-electron chi connectivity index (χ1n) is 10.3. The molecule has 14 nitrogen and oxygen atoms in total. The number of carbonyl (C=O) groups excluding carboxylic acids is 5. The minimum atomic E-state index is -1.65. The first-order valence-corrected chi connectivity index (χ1v) is 10.3. The highest BCUT2D eigenvalue weighted by Crippen LogP contribution is 2.08. The molecule has 0 saturated heterocycles. The number of amides is 5. The summed E-state index contributed by atoms with van der Waals surface area (Å²) in [5, 5.41) is 25.5. The van der Waals surface area contributed by atoms with E-state index < -0.39 is 72.2 Å². The minimum Gasteiger partial charge on any atom is -0.480 e. The van der Waals surface area contributed by atoms with Crippen LogP contribution in [0.1, 0.15) is 46.5 Å². The van der Waals surface area contributed by atoms with E-state index in [1.807, 2.05) is 0 Å². The number of nitrogens with one attached hydrogen (secondary N) is 3. The Labute approximate surface area is 191 Å². The molecule has 5 atom stereocenters. The largest absolute Gasteiger partial charge is 0.480 e. The van der Waals surface area contributed by atoms with Gasteiger partial charge in [0.2, 0.25) is 29.5 Å². The molecule has 188 valence electrons. The van der Waals surface area contributed by atoms with Crippen LogP contribution in [0.4, 0.5) is 0 Å². The number of carboxylic acid groups (broad SMARTS) is 1. The van der Waals surface area contributed by atoms with Gasteiger partial charge in [-0.15, -0.1) is 0 Å². The summed E-state index contributed by atoms with van der Waals surface area (Å²) in [6.45, 7) is 4.86. The molecule has 0 saturated carbocycles. The lowest BCUT2D eigenvalue weighted by Crippen LogP contribution is -2.58. The predicted molar refractivity (Wildman–Crippen MR) is 115 cm³/mol. The molecule has 0 radical (unpaired) electrons. The number of aliphatic hydroxyl groups is 1. The number of carbonyl (C=O) groups is 6. The van der Waals surface area contributed by atoms with Crippen molar-refractivity contribution < 1.29 is 39.0 Å². The summed E-state index contributed by atoms with van der Waals surface area (Å²) in [6.07, 6.45) is -2.32. The number of nitrogens with two attached hydrogens (primary N) is 3. The van der Waals surface area contributed by atoms with Crippen molar-refractivity contribution in [3.63, 3.8) is 0 Å². The van der Waals surface area contributed by atoms with Gasteiger partial charge in [-0.2, -0.15) is 0 Å². The fraction of sp³-hybridized carbons (Fsp3) is 0.684. The molecule has 0 fully saturated rings. The third-order valence-electron chi connectivity index (χ3n) is 4.49. The van der Waals surface area contributed by atoms with E-state index in [0.29, 0.717) is 0 Å². The second-order valence-electron chi connectivity index (χ2n) is 8.09. The number of primary amides is 2. The minimum absolute atomic E-state index is 0.0753. The number of aliphatic carboxylic acids is 1. The van der Waals surface area contributed by atoms with Crippen LogP contribution in [0.5, 0.6) is 0 Å². The van der Waals surface area contributed by atoms with Crippen LogP contribution < -0.4 is 33.2 Å². The molecule has 5 amide bonds. The summed E-state index contributed by atoms with van der Waals surface area (Å²) in [6, 6.07) is -5.51. The second-order valence-corrected chi connectivity index (χ2v) is 8.09. The fourth-order valence-corrected chi connectivity index (χ4v) is 2.69. The van der Waals surface area contributed by atoms with Crippen molar-refractivity contribution in [1.29, 1.82) is 0 Å². The molecule has 0 aliphatic heterocycles. The van der Waals surface area contributed by atoms with Crippen molar-refractivity contribution in [2.24, 2.45) is 23.1 Å². The van der Waals surface area contributed by atoms with Crippen molar-refractivity contribution >= 4 is 35.5 Å². The monoisotopic (exact) mass is 474 g/mol. The van der Waals surface area contributed by atoms with E-state index >= 15 is 0 Å². The van der Waals surface area contributed by atoms with E-state index in [4.69, 9.17) is 17.2 Å². The summed E-state index contributed by atoms with van der Waals surface area (Å²) in [5.41, 5.74) is 15.7. The van der Waals surface area contributed by atoms with Crippen molar-refractivity contribution in [1.82, 2.24) is 16.0 Å². The summed E-state index contributed by atoms with van der Waals surface area (Å²) in [4.78, 5) is 71.2. The molecule has 0 bridgehead atoms. The number of carboxylic acids is 1. The van der Waals surface area contributed by atoms with E-state index in [1.54, 1.807) is 13.8 Å². The van der Waals surface area contributed by atoms with Crippen LogP contribution in [-0.4, -0.2) is 76.0 Å². The van der Waals surface area contributed by atoms with Gasteiger partial charge in [0.15, 0.2) is 0 Å². The molecule has 0 aliphatic rings. The summed E-state index contributed by atoms with van der Waals surface area (Å²) in [7, 11) is 0. The molecule has 0 spiro atoms. The highest BCUT2D eigenvalue weighted by molar-refractivity contribution is 5.95. The lowest BCUT2D eigenvalue weighted by molar-refractivity contribution is -0.144. The van der Waals surface area contributed by atoms with Gasteiger partial charge in [-0.25, -0.2) is 4.79 Å². The van der Waals surface area contributed by atoms with Crippen molar-refractivity contribution in [3.8, 4) is 0 Å². The molecule has 33 heavy (non-hydrogen) atoms. The van der Waals surface area contributed by atoms with Gasteiger partial charge in [-0.05, 0) is 25.7 Å². The highest BCUT2D eigenvalue weighted by atomic mass is 16.4. The normalized spacial score (nSPS) is 15.5. The number of aliphatic hydroxyl groups excluding tert-OH is 1. The van der Waals surface area contributed by atoms with Gasteiger partial charge < -0.3 is 43.4 Å². The molecule has 14 heteroatoms. The van der Waals surface area contributed by atoms with Crippen LogP contribution >= 0.6 is 0 Å². The summed E-state index contributed by atoms with van der Waals surface area (Å²) >= 11 is 0. The van der Waals surface area contributed by atoms with Crippen LogP contribution in [0.25, 0.3) is 0 Å². The predicted octanol–water partition coefficient (Wildman–Crippen LogP) is -3.58. The van der Waals surface area contributed by atoms with Gasteiger partial charge in [-0.1, -0.05) is 13.8 Å². The molecule has 11 N–H and O–H groups in total. The number of hydrogen-bond acceptors (Lipinski definition) is 8. The summed E-state index contributed by atoms with van der Waals surface area (Å²) < 4.78 is 0. The van der Waals surface area contributed by atoms with Crippen LogP contribution in [0.2, 0.25) is 0 Å². The van der Waals surface area contributed by atoms with E-state index in [2.05, 4.69) is 16.0 Å². The molecule has 0 aliphatic carbocycles. The van der Waals surface area contributed by atoms with E-state index in [1.165, 1.54) is 6.92 Å². The van der Waals surface area contributed by atoms with Gasteiger partial charge >= 0.3 is 5.97 Å². The van der Waals surface area contributed by atoms with Gasteiger partial charge in [0.05, 0.1) is 12.5 Å². The standard InChI is InChI=1S/C19H34N6O8/c1-8(2)6-11(24-18(31)15(22)9(3)26)17(30)23-10(4-5-13(20)27)16(29)25-12(19(32)33)7-14(21)28/h8-12,15,26H,4-7,22H2,1-3H3,(H2,20,27)(H2,21,28)(H,23,30)(H,24,31)(H,25,29)(H,32,33). The Morgan fingerprint density at radius 3 is 1.70 bits per heavy atom. The smallest absolute Gasteiger partial charge is 0.326 e. The van der Waals surface area contributed by atoms with Crippen LogP contribution in [-0.2, 0) is 28.8 Å². The SMILES string of the molecule is CC(C)CC(NC(=O)C(N)C(C)O)C(=O)NC(CCC(N)=O)C(=O)NC(CC(N)=O)C(=O)O.